The van der Waals surface area contributed by atoms with Gasteiger partial charge in [-0.15, -0.1) is 0 Å². The van der Waals surface area contributed by atoms with E-state index in [1.807, 2.05) is 0 Å². The molecule has 0 saturated heterocycles. The molecule has 0 bridgehead atoms. The smallest absolute Gasteiger partial charge is 0.307 e. The Labute approximate surface area is 154 Å². The molecule has 1 heterocycles. The molecule has 9 heteroatoms. The summed E-state index contributed by atoms with van der Waals surface area (Å²) in [6.07, 6.45) is -4.24. The maximum Gasteiger partial charge on any atom is 0.416 e. The van der Waals surface area contributed by atoms with Crippen molar-refractivity contribution in [2.75, 3.05) is 0 Å². The molecule has 3 aromatic rings. The highest BCUT2D eigenvalue weighted by Gasteiger charge is 2.30. The molecular formula is C17H11Cl2F3N2O2. The Balaban J connectivity index is 1.97. The Morgan fingerprint density at radius 2 is 1.73 bits per heavy atom. The van der Waals surface area contributed by atoms with E-state index in [4.69, 9.17) is 23.2 Å². The lowest BCUT2D eigenvalue weighted by molar-refractivity contribution is -0.137. The molecule has 0 aliphatic heterocycles. The number of benzene rings is 2. The topological polar surface area (TPSA) is 54.9 Å². The van der Waals surface area contributed by atoms with Gasteiger partial charge in [-0.2, -0.15) is 13.2 Å². The van der Waals surface area contributed by atoms with E-state index in [9.17, 15) is 22.8 Å². The third-order valence-corrected chi connectivity index (χ3v) is 4.66. The number of halogens is 5. The first-order valence-electron chi connectivity index (χ1n) is 7.45. The predicted octanol–water partition coefficient (Wildman–Crippen LogP) is 4.26. The zero-order chi connectivity index (χ0) is 19.1. The van der Waals surface area contributed by atoms with Crippen molar-refractivity contribution >= 4 is 34.1 Å². The van der Waals surface area contributed by atoms with Crippen LogP contribution in [0.2, 0.25) is 10.0 Å². The van der Waals surface area contributed by atoms with Crippen LogP contribution in [0.3, 0.4) is 0 Å². The van der Waals surface area contributed by atoms with E-state index in [2.05, 4.69) is 4.98 Å². The van der Waals surface area contributed by atoms with Crippen LogP contribution in [-0.2, 0) is 19.1 Å². The number of aromatic amines is 1. The van der Waals surface area contributed by atoms with Crippen LogP contribution in [0.5, 0.6) is 0 Å². The van der Waals surface area contributed by atoms with Crippen molar-refractivity contribution in [2.24, 2.45) is 0 Å². The van der Waals surface area contributed by atoms with E-state index in [1.165, 1.54) is 0 Å². The summed E-state index contributed by atoms with van der Waals surface area (Å²) >= 11 is 11.8. The molecule has 1 N–H and O–H groups in total. The average molecular weight is 403 g/mol. The number of alkyl halides is 3. The standard InChI is InChI=1S/C17H11Cl2F3N2O2/c18-12-4-1-9(7-13(12)19)5-6-24-15(25)11-3-2-10(17(20,21)22)8-14(11)23-16(24)26/h1-4,7-8H,5-6H2,(H,23,26). The highest BCUT2D eigenvalue weighted by Crippen LogP contribution is 2.30. The number of hydrogen-bond acceptors (Lipinski definition) is 2. The molecule has 3 rings (SSSR count). The van der Waals surface area contributed by atoms with Gasteiger partial charge in [-0.1, -0.05) is 29.3 Å². The summed E-state index contributed by atoms with van der Waals surface area (Å²) < 4.78 is 39.3. The molecule has 26 heavy (non-hydrogen) atoms. The van der Waals surface area contributed by atoms with Crippen LogP contribution in [0.25, 0.3) is 10.9 Å². The second-order valence-electron chi connectivity index (χ2n) is 5.64. The van der Waals surface area contributed by atoms with Gasteiger partial charge < -0.3 is 4.98 Å². The summed E-state index contributed by atoms with van der Waals surface area (Å²) in [5.41, 5.74) is -1.76. The van der Waals surface area contributed by atoms with Crippen molar-refractivity contribution < 1.29 is 13.2 Å². The highest BCUT2D eigenvalue weighted by molar-refractivity contribution is 6.42. The minimum atomic E-state index is -4.56. The SMILES string of the molecule is O=c1[nH]c2cc(C(F)(F)F)ccc2c(=O)n1CCc1ccc(Cl)c(Cl)c1. The number of H-pyrrole nitrogens is 1. The molecule has 0 spiro atoms. The number of aryl methyl sites for hydroxylation is 1. The Kier molecular flexibility index (Phi) is 4.86. The van der Waals surface area contributed by atoms with E-state index >= 15 is 0 Å². The number of nitrogens with one attached hydrogen (secondary N) is 1. The van der Waals surface area contributed by atoms with Crippen LogP contribution in [0, 0.1) is 0 Å². The molecular weight excluding hydrogens is 392 g/mol. The number of aromatic nitrogens is 2. The summed E-state index contributed by atoms with van der Waals surface area (Å²) in [7, 11) is 0. The average Bonchev–Trinajstić information content (AvgIpc) is 2.56. The quantitative estimate of drug-likeness (QED) is 0.711. The van der Waals surface area contributed by atoms with Gasteiger partial charge in [-0.25, -0.2) is 4.79 Å². The molecule has 4 nitrogen and oxygen atoms in total. The number of nitrogens with zero attached hydrogens (tertiary/aromatic N) is 1. The van der Waals surface area contributed by atoms with Crippen molar-refractivity contribution in [2.45, 2.75) is 19.1 Å². The van der Waals surface area contributed by atoms with Gasteiger partial charge in [0.05, 0.1) is 26.5 Å². The minimum Gasteiger partial charge on any atom is -0.307 e. The fourth-order valence-electron chi connectivity index (χ4n) is 2.57. The maximum atomic E-state index is 12.8. The van der Waals surface area contributed by atoms with Crippen LogP contribution in [0.15, 0.2) is 46.0 Å². The zero-order valence-electron chi connectivity index (χ0n) is 13.0. The van der Waals surface area contributed by atoms with Crippen molar-refractivity contribution in [3.8, 4) is 0 Å². The summed E-state index contributed by atoms with van der Waals surface area (Å²) in [5.74, 6) is 0. The van der Waals surface area contributed by atoms with Crippen molar-refractivity contribution in [3.63, 3.8) is 0 Å². The van der Waals surface area contributed by atoms with Gasteiger partial charge in [0.2, 0.25) is 0 Å². The van der Waals surface area contributed by atoms with Crippen molar-refractivity contribution in [1.29, 1.82) is 0 Å². The van der Waals surface area contributed by atoms with Gasteiger partial charge >= 0.3 is 11.9 Å². The second-order valence-corrected chi connectivity index (χ2v) is 6.46. The van der Waals surface area contributed by atoms with E-state index in [1.54, 1.807) is 18.2 Å². The largest absolute Gasteiger partial charge is 0.416 e. The first kappa shape index (κ1) is 18.5. The fourth-order valence-corrected chi connectivity index (χ4v) is 2.89. The molecule has 0 unspecified atom stereocenters. The van der Waals surface area contributed by atoms with Crippen LogP contribution in [0.4, 0.5) is 13.2 Å². The summed E-state index contributed by atoms with van der Waals surface area (Å²) in [6, 6.07) is 7.56. The normalized spacial score (nSPS) is 11.9. The van der Waals surface area contributed by atoms with Crippen molar-refractivity contribution in [1.82, 2.24) is 9.55 Å². The number of rotatable bonds is 3. The third kappa shape index (κ3) is 3.64. The van der Waals surface area contributed by atoms with Gasteiger partial charge in [0.25, 0.3) is 5.56 Å². The molecule has 0 atom stereocenters. The van der Waals surface area contributed by atoms with Crippen molar-refractivity contribution in [3.05, 3.63) is 78.4 Å². The van der Waals surface area contributed by atoms with E-state index < -0.39 is 23.0 Å². The molecule has 136 valence electrons. The summed E-state index contributed by atoms with van der Waals surface area (Å²) in [5, 5.41) is 0.743. The summed E-state index contributed by atoms with van der Waals surface area (Å²) in [4.78, 5) is 26.9. The van der Waals surface area contributed by atoms with Gasteiger partial charge in [0.15, 0.2) is 0 Å². The third-order valence-electron chi connectivity index (χ3n) is 3.92. The Morgan fingerprint density at radius 1 is 1.00 bits per heavy atom. The molecule has 0 radical (unpaired) electrons. The van der Waals surface area contributed by atoms with Gasteiger partial charge in [-0.3, -0.25) is 9.36 Å². The molecule has 0 aliphatic carbocycles. The predicted molar refractivity (Wildman–Crippen MR) is 94.0 cm³/mol. The van der Waals surface area contributed by atoms with Crippen LogP contribution in [0.1, 0.15) is 11.1 Å². The lowest BCUT2D eigenvalue weighted by atomic mass is 10.1. The van der Waals surface area contributed by atoms with E-state index in [0.29, 0.717) is 16.5 Å². The van der Waals surface area contributed by atoms with E-state index in [-0.39, 0.29) is 17.4 Å². The van der Waals surface area contributed by atoms with Gasteiger partial charge in [0, 0.05) is 6.54 Å². The van der Waals surface area contributed by atoms with E-state index in [0.717, 1.165) is 28.3 Å². The van der Waals surface area contributed by atoms with Gasteiger partial charge in [-0.05, 0) is 42.3 Å². The molecule has 2 aromatic carbocycles. The lowest BCUT2D eigenvalue weighted by Crippen LogP contribution is -2.35. The molecule has 0 amide bonds. The number of fused-ring (bicyclic) bond motifs is 1. The van der Waals surface area contributed by atoms with Crippen LogP contribution in [-0.4, -0.2) is 9.55 Å². The minimum absolute atomic E-state index is 0.00624. The first-order chi connectivity index (χ1) is 12.2. The monoisotopic (exact) mass is 402 g/mol. The first-order valence-corrected chi connectivity index (χ1v) is 8.20. The molecule has 0 saturated carbocycles. The Morgan fingerprint density at radius 3 is 2.38 bits per heavy atom. The maximum absolute atomic E-state index is 12.8. The Bertz CT molecular complexity index is 1100. The lowest BCUT2D eigenvalue weighted by Gasteiger charge is -2.10. The molecule has 0 aliphatic rings. The molecule has 1 aromatic heterocycles. The zero-order valence-corrected chi connectivity index (χ0v) is 14.5. The molecule has 0 fully saturated rings. The number of hydrogen-bond donors (Lipinski definition) is 1. The van der Waals surface area contributed by atoms with Gasteiger partial charge in [0.1, 0.15) is 0 Å². The van der Waals surface area contributed by atoms with Crippen LogP contribution >= 0.6 is 23.2 Å². The second kappa shape index (κ2) is 6.81. The summed E-state index contributed by atoms with van der Waals surface area (Å²) in [6.45, 7) is 0.0447. The fraction of sp³-hybridized carbons (Fsp3) is 0.176. The Hall–Kier alpha value is -2.25. The highest BCUT2D eigenvalue weighted by atomic mass is 35.5. The van der Waals surface area contributed by atoms with Crippen LogP contribution < -0.4 is 11.2 Å².